The van der Waals surface area contributed by atoms with Gasteiger partial charge >= 0.3 is 0 Å². The molecule has 0 spiro atoms. The van der Waals surface area contributed by atoms with E-state index >= 15 is 0 Å². The molecule has 2 aliphatic rings. The van der Waals surface area contributed by atoms with Crippen LogP contribution in [-0.4, -0.2) is 11.1 Å². The molecule has 1 aromatic rings. The van der Waals surface area contributed by atoms with Crippen molar-refractivity contribution >= 4 is 0 Å². The highest BCUT2D eigenvalue weighted by Crippen LogP contribution is 2.37. The predicted molar refractivity (Wildman–Crippen MR) is 78.6 cm³/mol. The lowest BCUT2D eigenvalue weighted by Gasteiger charge is -2.42. The number of fused-ring (bicyclic) bond motifs is 1. The van der Waals surface area contributed by atoms with E-state index in [1.54, 1.807) is 0 Å². The number of hydrogen-bond donors (Lipinski definition) is 1. The van der Waals surface area contributed by atoms with Gasteiger partial charge in [0.15, 0.2) is 0 Å². The number of nitrogens with one attached hydrogen (secondary N) is 1. The van der Waals surface area contributed by atoms with Gasteiger partial charge in [-0.15, -0.1) is 0 Å². The first-order chi connectivity index (χ1) is 9.02. The van der Waals surface area contributed by atoms with Gasteiger partial charge < -0.3 is 10.1 Å². The van der Waals surface area contributed by atoms with Crippen LogP contribution in [-0.2, 0) is 13.0 Å². The summed E-state index contributed by atoms with van der Waals surface area (Å²) < 4.78 is 5.93. The maximum absolute atomic E-state index is 5.93. The average molecular weight is 259 g/mol. The summed E-state index contributed by atoms with van der Waals surface area (Å²) in [5.74, 6) is 1.07. The molecule has 1 aliphatic heterocycles. The van der Waals surface area contributed by atoms with Crippen LogP contribution in [0.5, 0.6) is 5.75 Å². The Kier molecular flexibility index (Phi) is 3.09. The fourth-order valence-corrected chi connectivity index (χ4v) is 3.32. The molecule has 0 bridgehead atoms. The molecule has 0 atom stereocenters. The van der Waals surface area contributed by atoms with Crippen molar-refractivity contribution in [2.24, 2.45) is 0 Å². The monoisotopic (exact) mass is 259 g/mol. The summed E-state index contributed by atoms with van der Waals surface area (Å²) in [4.78, 5) is 0. The standard InChI is InChI=1S/C17H25NO/c1-4-17(8-5-9-17)18-12-13-6-7-15-14(10-13)11-16(2,3)19-15/h6-7,10,18H,4-5,8-9,11-12H2,1-3H3. The summed E-state index contributed by atoms with van der Waals surface area (Å²) in [7, 11) is 0. The molecule has 0 unspecified atom stereocenters. The third kappa shape index (κ3) is 2.51. The molecule has 1 saturated carbocycles. The zero-order valence-electron chi connectivity index (χ0n) is 12.4. The van der Waals surface area contributed by atoms with Crippen molar-refractivity contribution in [1.29, 1.82) is 0 Å². The first-order valence-electron chi connectivity index (χ1n) is 7.58. The Morgan fingerprint density at radius 3 is 2.68 bits per heavy atom. The van der Waals surface area contributed by atoms with Gasteiger partial charge in [0, 0.05) is 18.5 Å². The van der Waals surface area contributed by atoms with Crippen LogP contribution in [0.4, 0.5) is 0 Å². The maximum Gasteiger partial charge on any atom is 0.123 e. The molecule has 0 aromatic heterocycles. The second-order valence-electron chi connectivity index (χ2n) is 6.82. The first-order valence-corrected chi connectivity index (χ1v) is 7.58. The van der Waals surface area contributed by atoms with Gasteiger partial charge in [-0.05, 0) is 56.7 Å². The van der Waals surface area contributed by atoms with Crippen LogP contribution in [0.25, 0.3) is 0 Å². The normalized spacial score (nSPS) is 22.5. The van der Waals surface area contributed by atoms with Crippen molar-refractivity contribution in [3.63, 3.8) is 0 Å². The SMILES string of the molecule is CCC1(NCc2ccc3c(c2)CC(C)(C)O3)CCC1. The molecule has 104 valence electrons. The summed E-state index contributed by atoms with van der Waals surface area (Å²) in [6.45, 7) is 7.60. The number of ether oxygens (including phenoxy) is 1. The van der Waals surface area contributed by atoms with Gasteiger partial charge in [-0.1, -0.05) is 19.1 Å². The lowest BCUT2D eigenvalue weighted by atomic mass is 9.75. The van der Waals surface area contributed by atoms with Crippen LogP contribution in [0.15, 0.2) is 18.2 Å². The van der Waals surface area contributed by atoms with E-state index < -0.39 is 0 Å². The zero-order chi connectivity index (χ0) is 13.5. The summed E-state index contributed by atoms with van der Waals surface area (Å²) in [6, 6.07) is 6.66. The van der Waals surface area contributed by atoms with Crippen LogP contribution >= 0.6 is 0 Å². The van der Waals surface area contributed by atoms with E-state index in [-0.39, 0.29) is 5.60 Å². The fraction of sp³-hybridized carbons (Fsp3) is 0.647. The smallest absolute Gasteiger partial charge is 0.123 e. The molecule has 0 amide bonds. The molecule has 0 saturated heterocycles. The van der Waals surface area contributed by atoms with Crippen molar-refractivity contribution in [3.8, 4) is 5.75 Å². The second-order valence-corrected chi connectivity index (χ2v) is 6.82. The van der Waals surface area contributed by atoms with Crippen LogP contribution in [0.2, 0.25) is 0 Å². The van der Waals surface area contributed by atoms with E-state index in [9.17, 15) is 0 Å². The van der Waals surface area contributed by atoms with Crippen molar-refractivity contribution in [2.45, 2.75) is 70.6 Å². The Hall–Kier alpha value is -1.02. The molecule has 1 aliphatic carbocycles. The minimum Gasteiger partial charge on any atom is -0.487 e. The van der Waals surface area contributed by atoms with Gasteiger partial charge in [0.25, 0.3) is 0 Å². The third-order valence-electron chi connectivity index (χ3n) is 4.78. The molecule has 1 heterocycles. The van der Waals surface area contributed by atoms with E-state index in [1.165, 1.54) is 36.8 Å². The topological polar surface area (TPSA) is 21.3 Å². The highest BCUT2D eigenvalue weighted by Gasteiger charge is 2.34. The Morgan fingerprint density at radius 2 is 2.05 bits per heavy atom. The molecule has 2 nitrogen and oxygen atoms in total. The molecule has 1 aromatic carbocycles. The predicted octanol–water partition coefficient (Wildman–Crippen LogP) is 3.82. The molecule has 19 heavy (non-hydrogen) atoms. The number of benzene rings is 1. The Balaban J connectivity index is 1.67. The molecule has 2 heteroatoms. The van der Waals surface area contributed by atoms with Crippen molar-refractivity contribution < 1.29 is 4.74 Å². The van der Waals surface area contributed by atoms with E-state index in [2.05, 4.69) is 44.3 Å². The molecular formula is C17H25NO. The summed E-state index contributed by atoms with van der Waals surface area (Å²) in [5, 5.41) is 3.77. The van der Waals surface area contributed by atoms with Crippen molar-refractivity contribution in [1.82, 2.24) is 5.32 Å². The fourth-order valence-electron chi connectivity index (χ4n) is 3.32. The molecule has 1 N–H and O–H groups in total. The van der Waals surface area contributed by atoms with Crippen LogP contribution in [0.1, 0.15) is 57.6 Å². The van der Waals surface area contributed by atoms with Gasteiger partial charge in [-0.3, -0.25) is 0 Å². The minimum atomic E-state index is -0.0347. The van der Waals surface area contributed by atoms with Gasteiger partial charge in [-0.25, -0.2) is 0 Å². The Bertz CT molecular complexity index is 469. The Morgan fingerprint density at radius 1 is 1.26 bits per heavy atom. The second kappa shape index (κ2) is 4.52. The van der Waals surface area contributed by atoms with Gasteiger partial charge in [-0.2, -0.15) is 0 Å². The van der Waals surface area contributed by atoms with Gasteiger partial charge in [0.1, 0.15) is 11.4 Å². The molecule has 3 rings (SSSR count). The van der Waals surface area contributed by atoms with Crippen molar-refractivity contribution in [2.75, 3.05) is 0 Å². The van der Waals surface area contributed by atoms with E-state index in [0.717, 1.165) is 18.7 Å². The third-order valence-corrected chi connectivity index (χ3v) is 4.78. The highest BCUT2D eigenvalue weighted by molar-refractivity contribution is 5.41. The first kappa shape index (κ1) is 13.0. The summed E-state index contributed by atoms with van der Waals surface area (Å²) >= 11 is 0. The Labute approximate surface area is 116 Å². The maximum atomic E-state index is 5.93. The van der Waals surface area contributed by atoms with Gasteiger partial charge in [0.05, 0.1) is 0 Å². The van der Waals surface area contributed by atoms with E-state index in [4.69, 9.17) is 4.74 Å². The van der Waals surface area contributed by atoms with E-state index in [0.29, 0.717) is 5.54 Å². The zero-order valence-corrected chi connectivity index (χ0v) is 12.4. The lowest BCUT2D eigenvalue weighted by Crippen LogP contribution is -2.49. The van der Waals surface area contributed by atoms with Crippen LogP contribution in [0.3, 0.4) is 0 Å². The average Bonchev–Trinajstić information content (AvgIpc) is 2.61. The molecule has 1 fully saturated rings. The van der Waals surface area contributed by atoms with E-state index in [1.807, 2.05) is 0 Å². The van der Waals surface area contributed by atoms with Crippen molar-refractivity contribution in [3.05, 3.63) is 29.3 Å². The minimum absolute atomic E-state index is 0.0347. The van der Waals surface area contributed by atoms with Gasteiger partial charge in [0.2, 0.25) is 0 Å². The molecule has 0 radical (unpaired) electrons. The number of rotatable bonds is 4. The summed E-state index contributed by atoms with van der Waals surface area (Å²) in [5.41, 5.74) is 3.14. The highest BCUT2D eigenvalue weighted by atomic mass is 16.5. The number of hydrogen-bond acceptors (Lipinski definition) is 2. The van der Waals surface area contributed by atoms with Crippen LogP contribution < -0.4 is 10.1 Å². The van der Waals surface area contributed by atoms with Crippen LogP contribution in [0, 0.1) is 0 Å². The largest absolute Gasteiger partial charge is 0.487 e. The quantitative estimate of drug-likeness (QED) is 0.887. The molecular weight excluding hydrogens is 234 g/mol. The lowest BCUT2D eigenvalue weighted by molar-refractivity contribution is 0.138. The summed E-state index contributed by atoms with van der Waals surface area (Å²) in [6.07, 6.45) is 6.32.